The highest BCUT2D eigenvalue weighted by atomic mass is 16.4. The lowest BCUT2D eigenvalue weighted by molar-refractivity contribution is 0.573. The summed E-state index contributed by atoms with van der Waals surface area (Å²) in [5.41, 5.74) is 5.26. The summed E-state index contributed by atoms with van der Waals surface area (Å²) in [7, 11) is 0. The average Bonchev–Trinajstić information content (AvgIpc) is 2.17. The zero-order valence-electron chi connectivity index (χ0n) is 5.22. The van der Waals surface area contributed by atoms with Gasteiger partial charge in [-0.3, -0.25) is 0 Å². The standard InChI is InChI=1S/C5H9N3O/c1-2-7-5-8-4(6)3-9-5/h3H,2,6H2,1H3,(H,7,8). The second-order valence-corrected chi connectivity index (χ2v) is 1.61. The van der Waals surface area contributed by atoms with Crippen LogP contribution in [-0.4, -0.2) is 11.5 Å². The Labute approximate surface area is 53.1 Å². The van der Waals surface area contributed by atoms with Crippen LogP contribution in [0.2, 0.25) is 0 Å². The number of nitrogens with two attached hydrogens (primary N) is 1. The van der Waals surface area contributed by atoms with Gasteiger partial charge in [-0.15, -0.1) is 0 Å². The Morgan fingerprint density at radius 3 is 3.11 bits per heavy atom. The van der Waals surface area contributed by atoms with Gasteiger partial charge in [-0.05, 0) is 6.92 Å². The summed E-state index contributed by atoms with van der Waals surface area (Å²) in [6.07, 6.45) is 1.40. The van der Waals surface area contributed by atoms with E-state index in [2.05, 4.69) is 10.3 Å². The van der Waals surface area contributed by atoms with E-state index in [1.807, 2.05) is 6.92 Å². The monoisotopic (exact) mass is 127 g/mol. The van der Waals surface area contributed by atoms with E-state index in [1.54, 1.807) is 0 Å². The summed E-state index contributed by atoms with van der Waals surface area (Å²) in [6, 6.07) is 0.481. The maximum atomic E-state index is 5.26. The second kappa shape index (κ2) is 2.39. The van der Waals surface area contributed by atoms with Crippen LogP contribution < -0.4 is 11.1 Å². The molecule has 9 heavy (non-hydrogen) atoms. The van der Waals surface area contributed by atoms with E-state index in [4.69, 9.17) is 10.2 Å². The molecule has 0 aliphatic heterocycles. The minimum absolute atomic E-state index is 0.408. The number of nitrogens with zero attached hydrogens (tertiary/aromatic N) is 1. The molecule has 0 atom stereocenters. The molecular formula is C5H9N3O. The number of nitrogen functional groups attached to an aromatic ring is 1. The van der Waals surface area contributed by atoms with Crippen LogP contribution in [0.15, 0.2) is 10.7 Å². The van der Waals surface area contributed by atoms with Gasteiger partial charge >= 0.3 is 0 Å². The van der Waals surface area contributed by atoms with Crippen molar-refractivity contribution >= 4 is 11.8 Å². The van der Waals surface area contributed by atoms with E-state index in [0.717, 1.165) is 6.54 Å². The molecule has 1 aromatic heterocycles. The third-order valence-corrected chi connectivity index (χ3v) is 0.850. The van der Waals surface area contributed by atoms with Gasteiger partial charge < -0.3 is 15.5 Å². The highest BCUT2D eigenvalue weighted by Crippen LogP contribution is 2.06. The van der Waals surface area contributed by atoms with Crippen molar-refractivity contribution in [2.24, 2.45) is 0 Å². The fourth-order valence-corrected chi connectivity index (χ4v) is 0.519. The van der Waals surface area contributed by atoms with E-state index < -0.39 is 0 Å². The van der Waals surface area contributed by atoms with Gasteiger partial charge in [0, 0.05) is 6.54 Å². The molecule has 3 N–H and O–H groups in total. The van der Waals surface area contributed by atoms with Gasteiger partial charge in [0.1, 0.15) is 6.26 Å². The first-order valence-corrected chi connectivity index (χ1v) is 2.78. The Hall–Kier alpha value is -1.19. The highest BCUT2D eigenvalue weighted by Gasteiger charge is 1.95. The first-order chi connectivity index (χ1) is 4.33. The van der Waals surface area contributed by atoms with Crippen molar-refractivity contribution in [1.82, 2.24) is 4.98 Å². The average molecular weight is 127 g/mol. The Kier molecular flexibility index (Phi) is 1.58. The van der Waals surface area contributed by atoms with Crippen molar-refractivity contribution in [1.29, 1.82) is 0 Å². The fraction of sp³-hybridized carbons (Fsp3) is 0.400. The largest absolute Gasteiger partial charge is 0.430 e. The summed E-state index contributed by atoms with van der Waals surface area (Å²) in [5.74, 6) is 0.408. The van der Waals surface area contributed by atoms with Gasteiger partial charge in [-0.2, -0.15) is 4.98 Å². The lowest BCUT2D eigenvalue weighted by Crippen LogP contribution is -1.96. The second-order valence-electron chi connectivity index (χ2n) is 1.61. The molecule has 0 radical (unpaired) electrons. The number of nitrogens with one attached hydrogen (secondary N) is 1. The SMILES string of the molecule is CCNc1nc(N)co1. The maximum absolute atomic E-state index is 5.26. The van der Waals surface area contributed by atoms with Crippen molar-refractivity contribution in [3.8, 4) is 0 Å². The maximum Gasteiger partial charge on any atom is 0.296 e. The molecule has 0 amide bonds. The molecule has 0 spiro atoms. The molecule has 4 heteroatoms. The molecule has 50 valence electrons. The molecule has 0 aliphatic carbocycles. The molecule has 1 heterocycles. The van der Waals surface area contributed by atoms with Gasteiger partial charge in [0.15, 0.2) is 5.82 Å². The molecule has 0 aromatic carbocycles. The van der Waals surface area contributed by atoms with Crippen molar-refractivity contribution < 1.29 is 4.42 Å². The summed E-state index contributed by atoms with van der Waals surface area (Å²) < 4.78 is 4.86. The molecule has 1 aromatic rings. The minimum Gasteiger partial charge on any atom is -0.430 e. The quantitative estimate of drug-likeness (QED) is 0.613. The molecule has 0 saturated carbocycles. The molecule has 4 nitrogen and oxygen atoms in total. The van der Waals surface area contributed by atoms with Crippen LogP contribution in [0.25, 0.3) is 0 Å². The molecule has 0 bridgehead atoms. The fourth-order valence-electron chi connectivity index (χ4n) is 0.519. The van der Waals surface area contributed by atoms with Crippen LogP contribution in [0.5, 0.6) is 0 Å². The number of hydrogen-bond donors (Lipinski definition) is 2. The molecule has 0 saturated heterocycles. The zero-order chi connectivity index (χ0) is 6.69. The number of hydrogen-bond acceptors (Lipinski definition) is 4. The van der Waals surface area contributed by atoms with Crippen molar-refractivity contribution in [3.63, 3.8) is 0 Å². The molecule has 1 rings (SSSR count). The normalized spacial score (nSPS) is 9.44. The summed E-state index contributed by atoms with van der Waals surface area (Å²) in [5, 5.41) is 2.87. The van der Waals surface area contributed by atoms with E-state index in [1.165, 1.54) is 6.26 Å². The molecule has 0 aliphatic rings. The Morgan fingerprint density at radius 1 is 1.89 bits per heavy atom. The number of oxazole rings is 1. The third-order valence-electron chi connectivity index (χ3n) is 0.850. The number of aromatic nitrogens is 1. The van der Waals surface area contributed by atoms with Crippen molar-refractivity contribution in [2.45, 2.75) is 6.92 Å². The third kappa shape index (κ3) is 1.35. The lowest BCUT2D eigenvalue weighted by atomic mass is 10.7. The topological polar surface area (TPSA) is 64.1 Å². The van der Waals surface area contributed by atoms with Crippen molar-refractivity contribution in [3.05, 3.63) is 6.26 Å². The van der Waals surface area contributed by atoms with Crippen LogP contribution in [-0.2, 0) is 0 Å². The van der Waals surface area contributed by atoms with Crippen LogP contribution in [0.4, 0.5) is 11.8 Å². The van der Waals surface area contributed by atoms with Crippen LogP contribution in [0.1, 0.15) is 6.92 Å². The van der Waals surface area contributed by atoms with Gasteiger partial charge in [0.25, 0.3) is 6.01 Å². The first-order valence-electron chi connectivity index (χ1n) is 2.78. The smallest absolute Gasteiger partial charge is 0.296 e. The van der Waals surface area contributed by atoms with Crippen LogP contribution >= 0.6 is 0 Å². The van der Waals surface area contributed by atoms with E-state index in [9.17, 15) is 0 Å². The predicted octanol–water partition coefficient (Wildman–Crippen LogP) is 0.689. The van der Waals surface area contributed by atoms with Gasteiger partial charge in [-0.25, -0.2) is 0 Å². The Balaban J connectivity index is 2.61. The highest BCUT2D eigenvalue weighted by molar-refractivity contribution is 5.31. The Morgan fingerprint density at radius 2 is 2.67 bits per heavy atom. The summed E-state index contributed by atoms with van der Waals surface area (Å²) in [6.45, 7) is 2.75. The Bertz CT molecular complexity index is 184. The van der Waals surface area contributed by atoms with E-state index >= 15 is 0 Å². The van der Waals surface area contributed by atoms with Crippen molar-refractivity contribution in [2.75, 3.05) is 17.6 Å². The van der Waals surface area contributed by atoms with Crippen LogP contribution in [0.3, 0.4) is 0 Å². The molecular weight excluding hydrogens is 118 g/mol. The zero-order valence-corrected chi connectivity index (χ0v) is 5.22. The predicted molar refractivity (Wildman–Crippen MR) is 35.1 cm³/mol. The molecule has 0 unspecified atom stereocenters. The first kappa shape index (κ1) is 5.94. The van der Waals surface area contributed by atoms with Gasteiger partial charge in [0.2, 0.25) is 0 Å². The number of anilines is 2. The summed E-state index contributed by atoms with van der Waals surface area (Å²) in [4.78, 5) is 3.80. The van der Waals surface area contributed by atoms with Gasteiger partial charge in [0.05, 0.1) is 0 Å². The molecule has 0 fully saturated rings. The summed E-state index contributed by atoms with van der Waals surface area (Å²) >= 11 is 0. The minimum atomic E-state index is 0.408. The van der Waals surface area contributed by atoms with E-state index in [0.29, 0.717) is 11.8 Å². The van der Waals surface area contributed by atoms with E-state index in [-0.39, 0.29) is 0 Å². The lowest BCUT2D eigenvalue weighted by Gasteiger charge is -1.90. The number of rotatable bonds is 2. The van der Waals surface area contributed by atoms with Crippen LogP contribution in [0, 0.1) is 0 Å². The van der Waals surface area contributed by atoms with Gasteiger partial charge in [-0.1, -0.05) is 0 Å².